The third kappa shape index (κ3) is 4.06. The minimum atomic E-state index is -1.22. The van der Waals surface area contributed by atoms with Gasteiger partial charge in [-0.05, 0) is 31.3 Å². The molecule has 1 atom stereocenters. The number of nitrogens with zero attached hydrogens (tertiary/aromatic N) is 1. The molecule has 0 saturated carbocycles. The van der Waals surface area contributed by atoms with E-state index < -0.39 is 19.1 Å². The number of ketones is 1. The van der Waals surface area contributed by atoms with Gasteiger partial charge >= 0.3 is 13.1 Å². The first kappa shape index (κ1) is 19.2. The van der Waals surface area contributed by atoms with Crippen LogP contribution in [0.15, 0.2) is 12.1 Å². The van der Waals surface area contributed by atoms with Crippen molar-refractivity contribution in [3.8, 4) is 11.5 Å². The summed E-state index contributed by atoms with van der Waals surface area (Å²) in [5, 5.41) is 19.2. The Morgan fingerprint density at radius 1 is 1.41 bits per heavy atom. The number of benzene rings is 1. The summed E-state index contributed by atoms with van der Waals surface area (Å²) in [5.74, 6) is -1.46. The lowest BCUT2D eigenvalue weighted by Crippen LogP contribution is -2.60. The Labute approximate surface area is 156 Å². The van der Waals surface area contributed by atoms with Crippen molar-refractivity contribution in [3.63, 3.8) is 0 Å². The van der Waals surface area contributed by atoms with Gasteiger partial charge in [0, 0.05) is 6.42 Å². The lowest BCUT2D eigenvalue weighted by Gasteiger charge is -2.40. The first-order valence-electron chi connectivity index (χ1n) is 8.70. The maximum absolute atomic E-state index is 12.1. The number of ether oxygens (including phenoxy) is 1. The highest BCUT2D eigenvalue weighted by molar-refractivity contribution is 6.44. The van der Waals surface area contributed by atoms with Crippen LogP contribution in [-0.2, 0) is 16.0 Å². The van der Waals surface area contributed by atoms with E-state index in [-0.39, 0.29) is 54.4 Å². The predicted molar refractivity (Wildman–Crippen MR) is 94.8 cm³/mol. The first-order valence-corrected chi connectivity index (χ1v) is 8.70. The van der Waals surface area contributed by atoms with Crippen LogP contribution >= 0.6 is 0 Å². The minimum absolute atomic E-state index is 0.0193. The monoisotopic (exact) mass is 376 g/mol. The van der Waals surface area contributed by atoms with E-state index in [1.165, 1.54) is 11.8 Å². The molecule has 0 radical (unpaired) electrons. The Hall–Kier alpha value is -2.59. The molecule has 27 heavy (non-hydrogen) atoms. The zero-order valence-electron chi connectivity index (χ0n) is 14.9. The summed E-state index contributed by atoms with van der Waals surface area (Å²) in [6.45, 7) is 1.88. The highest BCUT2D eigenvalue weighted by atomic mass is 16.5. The van der Waals surface area contributed by atoms with Crippen LogP contribution in [0, 0.1) is 0 Å². The number of nitrogens with two attached hydrogens (primary N) is 1. The van der Waals surface area contributed by atoms with E-state index >= 15 is 0 Å². The van der Waals surface area contributed by atoms with Gasteiger partial charge in [0.05, 0.1) is 19.1 Å². The van der Waals surface area contributed by atoms with Gasteiger partial charge in [-0.25, -0.2) is 4.79 Å². The van der Waals surface area contributed by atoms with Crippen LogP contribution in [0.25, 0.3) is 0 Å². The van der Waals surface area contributed by atoms with Crippen LogP contribution in [0.5, 0.6) is 11.5 Å². The van der Waals surface area contributed by atoms with Crippen LogP contribution in [0.2, 0.25) is 6.32 Å². The Bertz CT molecular complexity index is 779. The number of carbonyl (C=O) groups excluding carboxylic acids is 2. The molecule has 4 N–H and O–H groups in total. The van der Waals surface area contributed by atoms with Crippen molar-refractivity contribution in [2.45, 2.75) is 38.2 Å². The molecule has 144 valence electrons. The molecule has 10 heteroatoms. The van der Waals surface area contributed by atoms with Crippen LogP contribution in [0.3, 0.4) is 0 Å². The van der Waals surface area contributed by atoms with Crippen molar-refractivity contribution in [1.29, 1.82) is 0 Å². The van der Waals surface area contributed by atoms with Crippen molar-refractivity contribution in [3.05, 3.63) is 23.3 Å². The van der Waals surface area contributed by atoms with Gasteiger partial charge in [-0.15, -0.1) is 0 Å². The molecule has 1 amide bonds. The summed E-state index contributed by atoms with van der Waals surface area (Å²) in [6, 6.07) is 2.40. The molecule has 2 aliphatic rings. The van der Waals surface area contributed by atoms with Gasteiger partial charge in [0.2, 0.25) is 5.91 Å². The molecule has 0 aliphatic carbocycles. The molecule has 0 spiro atoms. The number of Topliss-reactive ketones (excluding diaryl/α,β-unsaturated/α-hetero) is 1. The molecule has 2 aliphatic heterocycles. The molecule has 0 bridgehead atoms. The summed E-state index contributed by atoms with van der Waals surface area (Å²) < 4.78 is 11.0. The van der Waals surface area contributed by atoms with E-state index in [9.17, 15) is 24.5 Å². The lowest BCUT2D eigenvalue weighted by molar-refractivity contribution is -0.142. The Morgan fingerprint density at radius 3 is 2.74 bits per heavy atom. The summed E-state index contributed by atoms with van der Waals surface area (Å²) >= 11 is 0. The minimum Gasteiger partial charge on any atom is -0.535 e. The maximum atomic E-state index is 12.1. The molecule has 1 aromatic rings. The van der Waals surface area contributed by atoms with Gasteiger partial charge in [0.25, 0.3) is 0 Å². The van der Waals surface area contributed by atoms with Gasteiger partial charge < -0.3 is 30.2 Å². The second-order valence-electron chi connectivity index (χ2n) is 6.84. The van der Waals surface area contributed by atoms with Gasteiger partial charge in [-0.1, -0.05) is 6.07 Å². The van der Waals surface area contributed by atoms with Gasteiger partial charge in [-0.3, -0.25) is 9.59 Å². The Balaban J connectivity index is 1.67. The molecular formula is C17H21BN2O7. The second-order valence-corrected chi connectivity index (χ2v) is 6.84. The Morgan fingerprint density at radius 2 is 2.11 bits per heavy atom. The van der Waals surface area contributed by atoms with Crippen LogP contribution in [0.4, 0.5) is 0 Å². The number of likely N-dealkylation sites (tertiary alicyclic amines) is 1. The first-order chi connectivity index (χ1) is 12.8. The Kier molecular flexibility index (Phi) is 5.38. The maximum Gasteiger partial charge on any atom is 0.522 e. The predicted octanol–water partition coefficient (Wildman–Crippen LogP) is -0.304. The van der Waals surface area contributed by atoms with E-state index in [0.29, 0.717) is 18.3 Å². The van der Waals surface area contributed by atoms with Crippen molar-refractivity contribution in [1.82, 2.24) is 4.90 Å². The van der Waals surface area contributed by atoms with Crippen LogP contribution < -0.4 is 15.1 Å². The second kappa shape index (κ2) is 7.57. The third-order valence-electron chi connectivity index (χ3n) is 4.61. The number of hydrogen-bond donors (Lipinski definition) is 3. The van der Waals surface area contributed by atoms with E-state index in [2.05, 4.69) is 0 Å². The van der Waals surface area contributed by atoms with E-state index in [1.54, 1.807) is 12.1 Å². The molecule has 9 nitrogen and oxygen atoms in total. The highest BCUT2D eigenvalue weighted by Crippen LogP contribution is 2.37. The van der Waals surface area contributed by atoms with E-state index in [4.69, 9.17) is 15.1 Å². The SMILES string of the molecule is CC(=O)C[C@H](N)C(=O)N1CC(Oc2ccc3c(c2C(=O)O)OB(O)CC3)C1. The van der Waals surface area contributed by atoms with Crippen molar-refractivity contribution in [2.75, 3.05) is 13.1 Å². The summed E-state index contributed by atoms with van der Waals surface area (Å²) in [4.78, 5) is 36.4. The van der Waals surface area contributed by atoms with Gasteiger partial charge in [0.1, 0.15) is 28.9 Å². The number of aromatic carboxylic acids is 1. The highest BCUT2D eigenvalue weighted by Gasteiger charge is 2.37. The van der Waals surface area contributed by atoms with Crippen LogP contribution in [-0.4, -0.2) is 65.0 Å². The summed E-state index contributed by atoms with van der Waals surface area (Å²) in [7, 11) is -1.05. The van der Waals surface area contributed by atoms with Crippen molar-refractivity contribution < 1.29 is 33.9 Å². The topological polar surface area (TPSA) is 139 Å². The molecule has 2 heterocycles. The fourth-order valence-electron chi connectivity index (χ4n) is 3.22. The summed E-state index contributed by atoms with van der Waals surface area (Å²) in [5.41, 5.74) is 6.27. The number of aryl methyl sites for hydroxylation is 1. The fraction of sp³-hybridized carbons (Fsp3) is 0.471. The fourth-order valence-corrected chi connectivity index (χ4v) is 3.22. The van der Waals surface area contributed by atoms with Gasteiger partial charge in [0.15, 0.2) is 0 Å². The average Bonchev–Trinajstić information content (AvgIpc) is 2.55. The standard InChI is InChI=1S/C17H21BN2O7/c1-9(21)6-12(19)16(22)20-7-11(8-20)26-13-3-2-10-4-5-18(25)27-15(10)14(13)17(23)24/h2-3,11-12,25H,4-8,19H2,1H3,(H,23,24)/t12-/m0/s1. The smallest absolute Gasteiger partial charge is 0.522 e. The number of amides is 1. The number of hydrogen-bond acceptors (Lipinski definition) is 7. The van der Waals surface area contributed by atoms with Gasteiger partial charge in [-0.2, -0.15) is 0 Å². The van der Waals surface area contributed by atoms with E-state index in [0.717, 1.165) is 0 Å². The number of rotatable bonds is 6. The lowest BCUT2D eigenvalue weighted by atomic mass is 9.78. The quantitative estimate of drug-likeness (QED) is 0.575. The molecule has 1 fully saturated rings. The number of carboxylic acids is 1. The molecular weight excluding hydrogens is 355 g/mol. The zero-order chi connectivity index (χ0) is 19.7. The van der Waals surface area contributed by atoms with Crippen molar-refractivity contribution >= 4 is 24.8 Å². The third-order valence-corrected chi connectivity index (χ3v) is 4.61. The molecule has 0 unspecified atom stereocenters. The number of carbonyl (C=O) groups is 3. The normalized spacial score (nSPS) is 17.4. The molecule has 1 saturated heterocycles. The largest absolute Gasteiger partial charge is 0.535 e. The molecule has 1 aromatic carbocycles. The average molecular weight is 376 g/mol. The van der Waals surface area contributed by atoms with Crippen LogP contribution in [0.1, 0.15) is 29.3 Å². The van der Waals surface area contributed by atoms with Crippen molar-refractivity contribution in [2.24, 2.45) is 5.73 Å². The molecule has 0 aromatic heterocycles. The van der Waals surface area contributed by atoms with E-state index in [1.807, 2.05) is 0 Å². The zero-order valence-corrected chi connectivity index (χ0v) is 14.9. The number of carboxylic acid groups (broad SMARTS) is 1. The molecule has 3 rings (SSSR count). The summed E-state index contributed by atoms with van der Waals surface area (Å²) in [6.07, 6.45) is 0.501. The number of fused-ring (bicyclic) bond motifs is 1.